The molecule has 1 heterocycles. The summed E-state index contributed by atoms with van der Waals surface area (Å²) in [4.78, 5) is 12.7. The first kappa shape index (κ1) is 21.7. The van der Waals surface area contributed by atoms with Crippen molar-refractivity contribution in [3.05, 3.63) is 54.6 Å². The van der Waals surface area contributed by atoms with Crippen molar-refractivity contribution in [2.75, 3.05) is 32.1 Å². The molecule has 0 saturated carbocycles. The summed E-state index contributed by atoms with van der Waals surface area (Å²) >= 11 is 0. The fourth-order valence-corrected chi connectivity index (χ4v) is 4.67. The largest absolute Gasteiger partial charge is 0.506 e. The van der Waals surface area contributed by atoms with Crippen LogP contribution in [0.1, 0.15) is 23.2 Å². The van der Waals surface area contributed by atoms with Gasteiger partial charge >= 0.3 is 0 Å². The molecular formula is C21H24N2O6S. The van der Waals surface area contributed by atoms with Crippen LogP contribution in [-0.4, -0.2) is 50.5 Å². The van der Waals surface area contributed by atoms with E-state index >= 15 is 0 Å². The Kier molecular flexibility index (Phi) is 6.63. The van der Waals surface area contributed by atoms with Crippen LogP contribution in [0.2, 0.25) is 0 Å². The molecule has 0 bridgehead atoms. The molecule has 9 heteroatoms. The van der Waals surface area contributed by atoms with Crippen LogP contribution in [-0.2, 0) is 10.0 Å². The van der Waals surface area contributed by atoms with Crippen LogP contribution in [0.3, 0.4) is 0 Å². The summed E-state index contributed by atoms with van der Waals surface area (Å²) in [6, 6.07) is 8.47. The highest BCUT2D eigenvalue weighted by atomic mass is 32.2. The standard InChI is InChI=1S/C21H24N2O6S/c1-3-12-29-19-9-6-15(13-20(19)28-2)21(25)22-17-14-16(7-8-18(17)24)30(26,27)23-10-4-5-11-23/h3,6-9,13-14,24H,1,4-5,10-12H2,2H3,(H,22,25). The fourth-order valence-electron chi connectivity index (χ4n) is 3.12. The molecule has 0 spiro atoms. The number of methoxy groups -OCH3 is 1. The SMILES string of the molecule is C=CCOc1ccc(C(=O)Nc2cc(S(=O)(=O)N3CCCC3)ccc2O)cc1OC. The smallest absolute Gasteiger partial charge is 0.255 e. The molecule has 8 nitrogen and oxygen atoms in total. The average molecular weight is 432 g/mol. The monoisotopic (exact) mass is 432 g/mol. The summed E-state index contributed by atoms with van der Waals surface area (Å²) in [5.74, 6) is 0.0470. The van der Waals surface area contributed by atoms with Crippen LogP contribution in [0, 0.1) is 0 Å². The number of carbonyl (C=O) groups is 1. The summed E-state index contributed by atoms with van der Waals surface area (Å²) in [6.07, 6.45) is 3.22. The maximum Gasteiger partial charge on any atom is 0.255 e. The van der Waals surface area contributed by atoms with E-state index in [1.165, 1.54) is 41.7 Å². The van der Waals surface area contributed by atoms with E-state index in [0.29, 0.717) is 24.6 Å². The zero-order valence-electron chi connectivity index (χ0n) is 16.6. The Hall–Kier alpha value is -3.04. The number of carbonyl (C=O) groups excluding carboxylic acids is 1. The first-order chi connectivity index (χ1) is 14.4. The average Bonchev–Trinajstić information content (AvgIpc) is 3.29. The maximum atomic E-state index is 12.8. The summed E-state index contributed by atoms with van der Waals surface area (Å²) in [5, 5.41) is 12.7. The lowest BCUT2D eigenvalue weighted by atomic mass is 10.1. The third-order valence-electron chi connectivity index (χ3n) is 4.70. The Balaban J connectivity index is 1.84. The number of hydrogen-bond acceptors (Lipinski definition) is 6. The topological polar surface area (TPSA) is 105 Å². The van der Waals surface area contributed by atoms with Gasteiger partial charge in [0.2, 0.25) is 10.0 Å². The van der Waals surface area contributed by atoms with Crippen LogP contribution in [0.25, 0.3) is 0 Å². The maximum absolute atomic E-state index is 12.8. The normalized spacial score (nSPS) is 14.3. The number of benzene rings is 2. The van der Waals surface area contributed by atoms with Gasteiger partial charge in [0.25, 0.3) is 5.91 Å². The lowest BCUT2D eigenvalue weighted by Gasteiger charge is -2.17. The Morgan fingerprint density at radius 1 is 1.20 bits per heavy atom. The number of hydrogen-bond donors (Lipinski definition) is 2. The predicted octanol–water partition coefficient (Wildman–Crippen LogP) is 3.00. The zero-order valence-corrected chi connectivity index (χ0v) is 17.4. The molecule has 160 valence electrons. The molecule has 2 aromatic rings. The highest BCUT2D eigenvalue weighted by molar-refractivity contribution is 7.89. The number of phenolic OH excluding ortho intramolecular Hbond substituents is 1. The van der Waals surface area contributed by atoms with E-state index in [-0.39, 0.29) is 28.5 Å². The van der Waals surface area contributed by atoms with Crippen molar-refractivity contribution < 1.29 is 27.8 Å². The van der Waals surface area contributed by atoms with Crippen molar-refractivity contribution in [2.45, 2.75) is 17.7 Å². The molecule has 1 fully saturated rings. The first-order valence-corrected chi connectivity index (χ1v) is 10.9. The molecule has 0 atom stereocenters. The number of sulfonamides is 1. The van der Waals surface area contributed by atoms with Gasteiger partial charge in [-0.3, -0.25) is 4.79 Å². The molecule has 3 rings (SSSR count). The van der Waals surface area contributed by atoms with E-state index < -0.39 is 15.9 Å². The van der Waals surface area contributed by atoms with Gasteiger partial charge in [-0.05, 0) is 49.2 Å². The highest BCUT2D eigenvalue weighted by Crippen LogP contribution is 2.31. The molecule has 1 aliphatic heterocycles. The number of phenols is 1. The predicted molar refractivity (Wildman–Crippen MR) is 113 cm³/mol. The van der Waals surface area contributed by atoms with Gasteiger partial charge in [0.1, 0.15) is 12.4 Å². The Labute approximate surface area is 175 Å². The van der Waals surface area contributed by atoms with Crippen molar-refractivity contribution in [1.82, 2.24) is 4.31 Å². The molecule has 30 heavy (non-hydrogen) atoms. The number of anilines is 1. The lowest BCUT2D eigenvalue weighted by Crippen LogP contribution is -2.28. The number of amides is 1. The summed E-state index contributed by atoms with van der Waals surface area (Å²) in [6.45, 7) is 4.79. The van der Waals surface area contributed by atoms with Gasteiger partial charge in [-0.2, -0.15) is 4.31 Å². The molecule has 0 aliphatic carbocycles. The van der Waals surface area contributed by atoms with Crippen LogP contribution >= 0.6 is 0 Å². The Bertz CT molecular complexity index is 1050. The van der Waals surface area contributed by atoms with Gasteiger partial charge in [-0.15, -0.1) is 0 Å². The highest BCUT2D eigenvalue weighted by Gasteiger charge is 2.28. The van der Waals surface area contributed by atoms with Gasteiger partial charge in [0.15, 0.2) is 11.5 Å². The Morgan fingerprint density at radius 3 is 2.60 bits per heavy atom. The fraction of sp³-hybridized carbons (Fsp3) is 0.286. The second-order valence-corrected chi connectivity index (χ2v) is 8.65. The van der Waals surface area contributed by atoms with Crippen molar-refractivity contribution >= 4 is 21.6 Å². The van der Waals surface area contributed by atoms with E-state index in [2.05, 4.69) is 11.9 Å². The third-order valence-corrected chi connectivity index (χ3v) is 6.60. The van der Waals surface area contributed by atoms with Gasteiger partial charge in [0.05, 0.1) is 17.7 Å². The van der Waals surface area contributed by atoms with Crippen LogP contribution in [0.4, 0.5) is 5.69 Å². The van der Waals surface area contributed by atoms with Crippen LogP contribution in [0.15, 0.2) is 53.9 Å². The number of nitrogens with one attached hydrogen (secondary N) is 1. The minimum Gasteiger partial charge on any atom is -0.506 e. The minimum atomic E-state index is -3.68. The van der Waals surface area contributed by atoms with E-state index in [1.54, 1.807) is 12.1 Å². The van der Waals surface area contributed by atoms with Gasteiger partial charge < -0.3 is 19.9 Å². The number of rotatable bonds is 8. The number of ether oxygens (including phenoxy) is 2. The molecule has 1 amide bonds. The van der Waals surface area contributed by atoms with Gasteiger partial charge in [0, 0.05) is 18.7 Å². The molecular weight excluding hydrogens is 408 g/mol. The quantitative estimate of drug-likeness (QED) is 0.491. The summed E-state index contributed by atoms with van der Waals surface area (Å²) in [7, 11) is -2.22. The van der Waals surface area contributed by atoms with Crippen molar-refractivity contribution in [3.63, 3.8) is 0 Å². The van der Waals surface area contributed by atoms with E-state index in [0.717, 1.165) is 12.8 Å². The zero-order chi connectivity index (χ0) is 21.7. The molecule has 0 aromatic heterocycles. The lowest BCUT2D eigenvalue weighted by molar-refractivity contribution is 0.102. The van der Waals surface area contributed by atoms with Crippen molar-refractivity contribution in [2.24, 2.45) is 0 Å². The second-order valence-electron chi connectivity index (χ2n) is 6.71. The molecule has 1 aliphatic rings. The third kappa shape index (κ3) is 4.58. The van der Waals surface area contributed by atoms with Gasteiger partial charge in [-0.25, -0.2) is 8.42 Å². The molecule has 2 aromatic carbocycles. The van der Waals surface area contributed by atoms with Crippen LogP contribution in [0.5, 0.6) is 17.2 Å². The van der Waals surface area contributed by atoms with Crippen molar-refractivity contribution in [1.29, 1.82) is 0 Å². The summed E-state index contributed by atoms with van der Waals surface area (Å²) in [5.41, 5.74) is 0.260. The first-order valence-electron chi connectivity index (χ1n) is 9.43. The molecule has 1 saturated heterocycles. The number of nitrogens with zero attached hydrogens (tertiary/aromatic N) is 1. The molecule has 0 unspecified atom stereocenters. The minimum absolute atomic E-state index is 0.00576. The Morgan fingerprint density at radius 2 is 1.93 bits per heavy atom. The summed E-state index contributed by atoms with van der Waals surface area (Å²) < 4.78 is 37.6. The molecule has 0 radical (unpaired) electrons. The van der Waals surface area contributed by atoms with Gasteiger partial charge in [-0.1, -0.05) is 12.7 Å². The van der Waals surface area contributed by atoms with Crippen molar-refractivity contribution in [3.8, 4) is 17.2 Å². The molecule has 2 N–H and O–H groups in total. The number of aromatic hydroxyl groups is 1. The van der Waals surface area contributed by atoms with E-state index in [9.17, 15) is 18.3 Å². The van der Waals surface area contributed by atoms with E-state index in [4.69, 9.17) is 9.47 Å². The van der Waals surface area contributed by atoms with E-state index in [1.807, 2.05) is 0 Å². The van der Waals surface area contributed by atoms with Crippen LogP contribution < -0.4 is 14.8 Å². The second kappa shape index (κ2) is 9.19.